The summed E-state index contributed by atoms with van der Waals surface area (Å²) < 4.78 is 19.5. The molecule has 0 aromatic rings. The van der Waals surface area contributed by atoms with Gasteiger partial charge in [-0.2, -0.15) is 0 Å². The lowest BCUT2D eigenvalue weighted by Gasteiger charge is -2.07. The van der Waals surface area contributed by atoms with Crippen molar-refractivity contribution in [1.29, 1.82) is 0 Å². The fourth-order valence-corrected chi connectivity index (χ4v) is 0.654. The molecule has 0 aliphatic rings. The normalized spacial score (nSPS) is 15.0. The van der Waals surface area contributed by atoms with Crippen LogP contribution in [0, 0.1) is 0 Å². The van der Waals surface area contributed by atoms with Crippen LogP contribution in [0.4, 0.5) is 0 Å². The number of carboxylic acids is 1. The van der Waals surface area contributed by atoms with E-state index in [1.54, 1.807) is 0 Å². The predicted molar refractivity (Wildman–Crippen MR) is 33.0 cm³/mol. The van der Waals surface area contributed by atoms with Crippen molar-refractivity contribution in [3.05, 3.63) is 0 Å². The Morgan fingerprint density at radius 3 is 2.30 bits per heavy atom. The molecule has 10 heavy (non-hydrogen) atoms. The maximum atomic E-state index is 9.84. The van der Waals surface area contributed by atoms with Crippen molar-refractivity contribution in [2.24, 2.45) is 5.73 Å². The van der Waals surface area contributed by atoms with Crippen LogP contribution in [0.1, 0.15) is 0 Å². The molecule has 0 rings (SSSR count). The monoisotopic (exact) mass is 170 g/mol. The van der Waals surface area contributed by atoms with Crippen LogP contribution in [-0.2, 0) is 15.9 Å². The van der Waals surface area contributed by atoms with Crippen LogP contribution in [0.25, 0.3) is 0 Å². The van der Waals surface area contributed by atoms with Gasteiger partial charge in [-0.1, -0.05) is 11.1 Å². The lowest BCUT2D eigenvalue weighted by atomic mass is 10.4. The Morgan fingerprint density at radius 2 is 2.20 bits per heavy atom. The molecule has 0 radical (unpaired) electrons. The SMILES string of the molecule is NC(CS(=O)[O-])C(=O)O.O. The van der Waals surface area contributed by atoms with E-state index < -0.39 is 28.8 Å². The van der Waals surface area contributed by atoms with Gasteiger partial charge >= 0.3 is 5.97 Å². The van der Waals surface area contributed by atoms with E-state index in [1.165, 1.54) is 0 Å². The number of nitrogens with two attached hydrogens (primary N) is 1. The summed E-state index contributed by atoms with van der Waals surface area (Å²) in [6, 6.07) is -1.30. The number of hydrogen-bond acceptors (Lipinski definition) is 4. The zero-order valence-electron chi connectivity index (χ0n) is 4.94. The minimum absolute atomic E-state index is 0. The Labute approximate surface area is 59.6 Å². The fraction of sp³-hybridized carbons (Fsp3) is 0.667. The summed E-state index contributed by atoms with van der Waals surface area (Å²) in [4.78, 5) is 9.84. The van der Waals surface area contributed by atoms with Crippen molar-refractivity contribution in [3.8, 4) is 0 Å². The average Bonchev–Trinajstić information content (AvgIpc) is 1.63. The van der Waals surface area contributed by atoms with E-state index >= 15 is 0 Å². The molecule has 62 valence electrons. The van der Waals surface area contributed by atoms with Crippen LogP contribution in [-0.4, -0.2) is 37.1 Å². The molecule has 0 saturated carbocycles. The Hall–Kier alpha value is -0.500. The summed E-state index contributed by atoms with van der Waals surface area (Å²) in [5.41, 5.74) is 4.82. The van der Waals surface area contributed by atoms with E-state index in [4.69, 9.17) is 10.8 Å². The van der Waals surface area contributed by atoms with Crippen molar-refractivity contribution in [2.75, 3.05) is 5.75 Å². The van der Waals surface area contributed by atoms with Crippen LogP contribution in [0.15, 0.2) is 0 Å². The molecule has 0 aliphatic carbocycles. The van der Waals surface area contributed by atoms with Crippen molar-refractivity contribution >= 4 is 17.0 Å². The molecule has 0 fully saturated rings. The minimum atomic E-state index is -2.37. The summed E-state index contributed by atoms with van der Waals surface area (Å²) in [7, 11) is 0. The summed E-state index contributed by atoms with van der Waals surface area (Å²) in [6.07, 6.45) is 0. The van der Waals surface area contributed by atoms with Crippen molar-refractivity contribution in [3.63, 3.8) is 0 Å². The first kappa shape index (κ1) is 12.2. The zero-order chi connectivity index (χ0) is 7.44. The Bertz CT molecular complexity index is 137. The van der Waals surface area contributed by atoms with E-state index in [0.717, 1.165) is 0 Å². The van der Waals surface area contributed by atoms with Gasteiger partial charge < -0.3 is 20.9 Å². The molecule has 7 heteroatoms. The van der Waals surface area contributed by atoms with Crippen molar-refractivity contribution < 1.29 is 24.1 Å². The Balaban J connectivity index is 0. The third kappa shape index (κ3) is 5.63. The summed E-state index contributed by atoms with van der Waals surface area (Å²) >= 11 is -2.37. The van der Waals surface area contributed by atoms with Crippen molar-refractivity contribution in [2.45, 2.75) is 6.04 Å². The van der Waals surface area contributed by atoms with Gasteiger partial charge in [0.25, 0.3) is 0 Å². The zero-order valence-corrected chi connectivity index (χ0v) is 5.76. The van der Waals surface area contributed by atoms with E-state index in [1.807, 2.05) is 0 Å². The molecule has 0 spiro atoms. The first-order valence-corrected chi connectivity index (χ1v) is 3.32. The second-order valence-electron chi connectivity index (χ2n) is 1.42. The van der Waals surface area contributed by atoms with Crippen LogP contribution >= 0.6 is 0 Å². The molecule has 0 aromatic heterocycles. The van der Waals surface area contributed by atoms with Gasteiger partial charge in [0.05, 0.1) is 0 Å². The van der Waals surface area contributed by atoms with Crippen LogP contribution in [0.3, 0.4) is 0 Å². The lowest BCUT2D eigenvalue weighted by molar-refractivity contribution is -0.137. The van der Waals surface area contributed by atoms with Gasteiger partial charge in [0.2, 0.25) is 0 Å². The number of carboxylic acid groups (broad SMARTS) is 1. The van der Waals surface area contributed by atoms with Gasteiger partial charge in [0, 0.05) is 5.75 Å². The molecule has 0 heterocycles. The predicted octanol–water partition coefficient (Wildman–Crippen LogP) is -2.55. The molecule has 0 amide bonds. The van der Waals surface area contributed by atoms with Gasteiger partial charge in [-0.05, 0) is 0 Å². The fourth-order valence-electron chi connectivity index (χ4n) is 0.218. The summed E-state index contributed by atoms with van der Waals surface area (Å²) in [5.74, 6) is -1.84. The second-order valence-corrected chi connectivity index (χ2v) is 2.36. The molecular weight excluding hydrogens is 162 g/mol. The van der Waals surface area contributed by atoms with Crippen LogP contribution < -0.4 is 5.73 Å². The minimum Gasteiger partial charge on any atom is -0.772 e. The molecule has 2 atom stereocenters. The number of hydrogen-bond donors (Lipinski definition) is 2. The lowest BCUT2D eigenvalue weighted by Crippen LogP contribution is -2.35. The summed E-state index contributed by atoms with van der Waals surface area (Å²) in [6.45, 7) is 0. The third-order valence-electron chi connectivity index (χ3n) is 0.633. The third-order valence-corrected chi connectivity index (χ3v) is 1.26. The average molecular weight is 170 g/mol. The Morgan fingerprint density at radius 1 is 1.80 bits per heavy atom. The van der Waals surface area contributed by atoms with Gasteiger partial charge in [-0.15, -0.1) is 0 Å². The van der Waals surface area contributed by atoms with E-state index in [0.29, 0.717) is 0 Å². The molecule has 0 saturated heterocycles. The first-order valence-electron chi connectivity index (χ1n) is 2.08. The molecule has 5 N–H and O–H groups in total. The number of carbonyl (C=O) groups is 1. The highest BCUT2D eigenvalue weighted by atomic mass is 32.2. The van der Waals surface area contributed by atoms with Crippen LogP contribution in [0.5, 0.6) is 0 Å². The molecule has 2 unspecified atom stereocenters. The van der Waals surface area contributed by atoms with Crippen molar-refractivity contribution in [1.82, 2.24) is 0 Å². The summed E-state index contributed by atoms with van der Waals surface area (Å²) in [5, 5.41) is 8.03. The van der Waals surface area contributed by atoms with E-state index in [9.17, 15) is 13.6 Å². The van der Waals surface area contributed by atoms with E-state index in [-0.39, 0.29) is 5.48 Å². The van der Waals surface area contributed by atoms with E-state index in [2.05, 4.69) is 0 Å². The smallest absolute Gasteiger partial charge is 0.321 e. The van der Waals surface area contributed by atoms with Gasteiger partial charge in [0.15, 0.2) is 0 Å². The molecular formula is C3H8NO5S-. The van der Waals surface area contributed by atoms with Gasteiger partial charge in [0.1, 0.15) is 6.04 Å². The highest BCUT2D eigenvalue weighted by Crippen LogP contribution is 1.81. The van der Waals surface area contributed by atoms with Gasteiger partial charge in [-0.3, -0.25) is 9.00 Å². The molecule has 0 bridgehead atoms. The largest absolute Gasteiger partial charge is 0.772 e. The second kappa shape index (κ2) is 5.30. The molecule has 6 nitrogen and oxygen atoms in total. The number of rotatable bonds is 3. The highest BCUT2D eigenvalue weighted by Gasteiger charge is 2.09. The molecule has 0 aromatic carbocycles. The van der Waals surface area contributed by atoms with Crippen LogP contribution in [0.2, 0.25) is 0 Å². The standard InChI is InChI=1S/C3H7NO4S.H2O/c4-2(3(5)6)1-9(7)8;/h2H,1,4H2,(H,5,6)(H,7,8);1H2/p-1. The highest BCUT2D eigenvalue weighted by molar-refractivity contribution is 7.79. The Kier molecular flexibility index (Phi) is 6.46. The molecule has 0 aliphatic heterocycles. The maximum Gasteiger partial charge on any atom is 0.321 e. The quantitative estimate of drug-likeness (QED) is 0.449. The van der Waals surface area contributed by atoms with Gasteiger partial charge in [-0.25, -0.2) is 0 Å². The maximum absolute atomic E-state index is 9.84. The first-order chi connectivity index (χ1) is 4.04. The topological polar surface area (TPSA) is 135 Å². The number of aliphatic carboxylic acids is 1.